The minimum atomic E-state index is -0.529. The zero-order valence-corrected chi connectivity index (χ0v) is 16.9. The van der Waals surface area contributed by atoms with Gasteiger partial charge in [0.05, 0.1) is 13.2 Å². The number of carbonyl (C=O) groups is 2. The largest absolute Gasteiger partial charge is 0.445 e. The summed E-state index contributed by atoms with van der Waals surface area (Å²) in [5, 5.41) is 0. The van der Waals surface area contributed by atoms with Gasteiger partial charge < -0.3 is 24.0 Å². The van der Waals surface area contributed by atoms with Gasteiger partial charge in [-0.05, 0) is 26.3 Å². The van der Waals surface area contributed by atoms with Gasteiger partial charge in [0.15, 0.2) is 0 Å². The summed E-state index contributed by atoms with van der Waals surface area (Å²) in [5.41, 5.74) is 0.431. The van der Waals surface area contributed by atoms with Crippen molar-refractivity contribution < 1.29 is 23.8 Å². The minimum Gasteiger partial charge on any atom is -0.445 e. The summed E-state index contributed by atoms with van der Waals surface area (Å²) >= 11 is 0. The van der Waals surface area contributed by atoms with Crippen molar-refractivity contribution in [3.63, 3.8) is 0 Å². The fraction of sp³-hybridized carbons (Fsp3) is 0.619. The summed E-state index contributed by atoms with van der Waals surface area (Å²) in [6.07, 6.45) is -0.615. The quantitative estimate of drug-likeness (QED) is 0.776. The zero-order chi connectivity index (χ0) is 20.1. The molecule has 3 aliphatic rings. The molecule has 0 aliphatic carbocycles. The number of nitrogens with zero attached hydrogens (tertiary/aromatic N) is 2. The van der Waals surface area contributed by atoms with Crippen LogP contribution in [0.4, 0.5) is 9.59 Å². The Balaban J connectivity index is 1.61. The van der Waals surface area contributed by atoms with E-state index >= 15 is 0 Å². The molecule has 0 saturated carbocycles. The van der Waals surface area contributed by atoms with Gasteiger partial charge in [-0.15, -0.1) is 0 Å². The highest BCUT2D eigenvalue weighted by atomic mass is 16.6. The summed E-state index contributed by atoms with van der Waals surface area (Å²) in [5.74, 6) is 0.0519. The van der Waals surface area contributed by atoms with Crippen LogP contribution in [0.5, 0.6) is 0 Å². The molecule has 3 saturated heterocycles. The SMILES string of the molecule is CC(C)(C)OC(=O)N1CC2COCC(CN(C(=O)OCc3ccccc3)C2)C1. The average molecular weight is 390 g/mol. The van der Waals surface area contributed by atoms with Crippen molar-refractivity contribution in [1.29, 1.82) is 0 Å². The predicted octanol–water partition coefficient (Wildman–Crippen LogP) is 3.14. The van der Waals surface area contributed by atoms with Gasteiger partial charge in [0.25, 0.3) is 0 Å². The van der Waals surface area contributed by atoms with E-state index in [1.165, 1.54) is 0 Å². The van der Waals surface area contributed by atoms with Crippen LogP contribution in [0, 0.1) is 11.8 Å². The molecule has 0 aromatic heterocycles. The third-order valence-corrected chi connectivity index (χ3v) is 4.74. The molecule has 7 heteroatoms. The second kappa shape index (κ2) is 8.82. The molecule has 1 aromatic rings. The number of ether oxygens (including phenoxy) is 3. The second-order valence-corrected chi connectivity index (χ2v) is 8.60. The van der Waals surface area contributed by atoms with Gasteiger partial charge in [-0.1, -0.05) is 30.3 Å². The summed E-state index contributed by atoms with van der Waals surface area (Å²) in [6, 6.07) is 9.64. The van der Waals surface area contributed by atoms with Gasteiger partial charge >= 0.3 is 12.2 Å². The number of benzene rings is 1. The Hall–Kier alpha value is -2.28. The lowest BCUT2D eigenvalue weighted by molar-refractivity contribution is -0.0360. The van der Waals surface area contributed by atoms with Gasteiger partial charge in [-0.3, -0.25) is 0 Å². The van der Waals surface area contributed by atoms with Crippen LogP contribution in [-0.2, 0) is 20.8 Å². The molecule has 2 amide bonds. The Morgan fingerprint density at radius 1 is 0.964 bits per heavy atom. The molecule has 0 N–H and O–H groups in total. The van der Waals surface area contributed by atoms with Crippen molar-refractivity contribution in [3.05, 3.63) is 35.9 Å². The standard InChI is InChI=1S/C21H30N2O5/c1-21(2,3)28-20(25)23-11-17-9-22(10-18(12-23)14-26-13-17)19(24)27-15-16-7-5-4-6-8-16/h4-8,17-18H,9-15H2,1-3H3. The van der Waals surface area contributed by atoms with E-state index in [1.807, 2.05) is 51.1 Å². The Morgan fingerprint density at radius 3 is 2.04 bits per heavy atom. The molecule has 28 heavy (non-hydrogen) atoms. The van der Waals surface area contributed by atoms with E-state index in [4.69, 9.17) is 14.2 Å². The van der Waals surface area contributed by atoms with Gasteiger partial charge in [-0.25, -0.2) is 9.59 Å². The van der Waals surface area contributed by atoms with Crippen LogP contribution in [0.2, 0.25) is 0 Å². The maximum Gasteiger partial charge on any atom is 0.410 e. The first kappa shape index (κ1) is 20.5. The van der Waals surface area contributed by atoms with Gasteiger partial charge in [0.2, 0.25) is 0 Å². The van der Waals surface area contributed by atoms with Crippen molar-refractivity contribution in [2.45, 2.75) is 33.0 Å². The number of hydrogen-bond acceptors (Lipinski definition) is 5. The fourth-order valence-electron chi connectivity index (χ4n) is 3.56. The molecule has 2 bridgehead atoms. The summed E-state index contributed by atoms with van der Waals surface area (Å²) in [6.45, 7) is 8.90. The van der Waals surface area contributed by atoms with E-state index in [9.17, 15) is 9.59 Å². The number of fused-ring (bicyclic) bond motifs is 6. The van der Waals surface area contributed by atoms with E-state index in [2.05, 4.69) is 0 Å². The average Bonchev–Trinajstić information content (AvgIpc) is 2.57. The van der Waals surface area contributed by atoms with Crippen molar-refractivity contribution in [2.24, 2.45) is 11.8 Å². The second-order valence-electron chi connectivity index (χ2n) is 8.60. The van der Waals surface area contributed by atoms with Crippen LogP contribution < -0.4 is 0 Å². The molecular weight excluding hydrogens is 360 g/mol. The third-order valence-electron chi connectivity index (χ3n) is 4.74. The highest BCUT2D eigenvalue weighted by molar-refractivity contribution is 5.69. The predicted molar refractivity (Wildman–Crippen MR) is 104 cm³/mol. The first-order chi connectivity index (χ1) is 13.3. The number of rotatable bonds is 2. The summed E-state index contributed by atoms with van der Waals surface area (Å²) in [7, 11) is 0. The van der Waals surface area contributed by atoms with E-state index in [0.29, 0.717) is 39.4 Å². The zero-order valence-electron chi connectivity index (χ0n) is 16.9. The van der Waals surface area contributed by atoms with Crippen LogP contribution in [0.1, 0.15) is 26.3 Å². The van der Waals surface area contributed by atoms with Crippen molar-refractivity contribution in [1.82, 2.24) is 9.80 Å². The molecule has 4 rings (SSSR count). The number of hydrogen-bond donors (Lipinski definition) is 0. The van der Waals surface area contributed by atoms with Gasteiger partial charge in [-0.2, -0.15) is 0 Å². The minimum absolute atomic E-state index is 0.0260. The lowest BCUT2D eigenvalue weighted by Crippen LogP contribution is -2.54. The van der Waals surface area contributed by atoms with Gasteiger partial charge in [0, 0.05) is 38.0 Å². The molecule has 3 fully saturated rings. The first-order valence-corrected chi connectivity index (χ1v) is 9.81. The molecule has 3 aliphatic heterocycles. The van der Waals surface area contributed by atoms with Gasteiger partial charge in [0.1, 0.15) is 12.2 Å². The highest BCUT2D eigenvalue weighted by Gasteiger charge is 2.35. The lowest BCUT2D eigenvalue weighted by Gasteiger charge is -2.41. The van der Waals surface area contributed by atoms with E-state index in [-0.39, 0.29) is 30.6 Å². The summed E-state index contributed by atoms with van der Waals surface area (Å²) in [4.78, 5) is 28.7. The molecule has 2 atom stereocenters. The first-order valence-electron chi connectivity index (χ1n) is 9.81. The number of amides is 2. The van der Waals surface area contributed by atoms with Crippen LogP contribution in [0.25, 0.3) is 0 Å². The molecule has 1 aromatic carbocycles. The van der Waals surface area contributed by atoms with E-state index < -0.39 is 5.60 Å². The van der Waals surface area contributed by atoms with Crippen LogP contribution >= 0.6 is 0 Å². The molecule has 3 heterocycles. The van der Waals surface area contributed by atoms with E-state index in [1.54, 1.807) is 9.80 Å². The normalized spacial score (nSPS) is 22.8. The maximum atomic E-state index is 12.6. The third kappa shape index (κ3) is 5.86. The van der Waals surface area contributed by atoms with Crippen molar-refractivity contribution in [3.8, 4) is 0 Å². The summed E-state index contributed by atoms with van der Waals surface area (Å²) < 4.78 is 16.8. The monoisotopic (exact) mass is 390 g/mol. The van der Waals surface area contributed by atoms with Crippen molar-refractivity contribution in [2.75, 3.05) is 39.4 Å². The molecule has 0 radical (unpaired) electrons. The molecule has 0 spiro atoms. The Bertz CT molecular complexity index is 657. The smallest absolute Gasteiger partial charge is 0.410 e. The molecule has 2 unspecified atom stereocenters. The molecule has 154 valence electrons. The van der Waals surface area contributed by atoms with Crippen molar-refractivity contribution >= 4 is 12.2 Å². The fourth-order valence-corrected chi connectivity index (χ4v) is 3.56. The van der Waals surface area contributed by atoms with Crippen LogP contribution in [-0.4, -0.2) is 67.0 Å². The van der Waals surface area contributed by atoms with E-state index in [0.717, 1.165) is 5.56 Å². The Labute approximate surface area is 166 Å². The Kier molecular flexibility index (Phi) is 6.44. The maximum absolute atomic E-state index is 12.6. The highest BCUT2D eigenvalue weighted by Crippen LogP contribution is 2.21. The van der Waals surface area contributed by atoms with Crippen LogP contribution in [0.3, 0.4) is 0 Å². The molecule has 7 nitrogen and oxygen atoms in total. The number of carbonyl (C=O) groups excluding carboxylic acids is 2. The van der Waals surface area contributed by atoms with Crippen LogP contribution in [0.15, 0.2) is 30.3 Å². The molecular formula is C21H30N2O5. The Morgan fingerprint density at radius 2 is 1.50 bits per heavy atom. The lowest BCUT2D eigenvalue weighted by atomic mass is 10.0. The topological polar surface area (TPSA) is 68.3 Å².